The van der Waals surface area contributed by atoms with E-state index in [0.29, 0.717) is 4.83 Å². The molecule has 0 aliphatic heterocycles. The maximum absolute atomic E-state index is 3.75. The summed E-state index contributed by atoms with van der Waals surface area (Å²) in [5, 5.41) is 0. The number of alkyl halides is 1. The van der Waals surface area contributed by atoms with Crippen molar-refractivity contribution in [2.45, 2.75) is 36.9 Å². The first kappa shape index (κ1) is 8.05. The molecule has 1 unspecified atom stereocenters. The van der Waals surface area contributed by atoms with E-state index in [1.807, 2.05) is 0 Å². The van der Waals surface area contributed by atoms with Crippen LogP contribution in [0.3, 0.4) is 0 Å². The molecule has 2 aliphatic carbocycles. The summed E-state index contributed by atoms with van der Waals surface area (Å²) in [6, 6.07) is 4.91. The van der Waals surface area contributed by atoms with Crippen LogP contribution >= 0.6 is 15.9 Å². The lowest BCUT2D eigenvalue weighted by Gasteiger charge is -2.06. The summed E-state index contributed by atoms with van der Waals surface area (Å²) >= 11 is 3.75. The van der Waals surface area contributed by atoms with Gasteiger partial charge in [0.05, 0.1) is 0 Å². The molecular formula is C12H13Br. The maximum atomic E-state index is 3.75. The molecule has 13 heavy (non-hydrogen) atoms. The highest BCUT2D eigenvalue weighted by Crippen LogP contribution is 2.40. The molecule has 0 amide bonds. The van der Waals surface area contributed by atoms with Gasteiger partial charge < -0.3 is 0 Å². The Morgan fingerprint density at radius 2 is 1.77 bits per heavy atom. The van der Waals surface area contributed by atoms with E-state index in [1.165, 1.54) is 32.1 Å². The van der Waals surface area contributed by atoms with E-state index < -0.39 is 0 Å². The van der Waals surface area contributed by atoms with E-state index in [0.717, 1.165) is 0 Å². The van der Waals surface area contributed by atoms with E-state index in [2.05, 4.69) is 28.1 Å². The number of hydrogen-bond acceptors (Lipinski definition) is 0. The van der Waals surface area contributed by atoms with Crippen molar-refractivity contribution in [2.24, 2.45) is 0 Å². The van der Waals surface area contributed by atoms with Crippen LogP contribution in [0.1, 0.15) is 39.9 Å². The predicted octanol–water partition coefficient (Wildman–Crippen LogP) is 3.56. The molecule has 0 nitrogen and oxygen atoms in total. The van der Waals surface area contributed by atoms with Crippen molar-refractivity contribution in [2.75, 3.05) is 0 Å². The van der Waals surface area contributed by atoms with E-state index in [1.54, 1.807) is 22.3 Å². The van der Waals surface area contributed by atoms with Crippen LogP contribution in [-0.4, -0.2) is 0 Å². The third-order valence-electron chi connectivity index (χ3n) is 3.36. The Hall–Kier alpha value is -0.300. The molecule has 0 bridgehead atoms. The summed E-state index contributed by atoms with van der Waals surface area (Å²) < 4.78 is 0. The average Bonchev–Trinajstić information content (AvgIpc) is 2.70. The van der Waals surface area contributed by atoms with E-state index in [-0.39, 0.29) is 0 Å². The number of hydrogen-bond donors (Lipinski definition) is 0. The predicted molar refractivity (Wildman–Crippen MR) is 58.5 cm³/mol. The average molecular weight is 237 g/mol. The Labute approximate surface area is 87.5 Å². The highest BCUT2D eigenvalue weighted by molar-refractivity contribution is 9.09. The second-order valence-corrected chi connectivity index (χ2v) is 5.28. The molecule has 0 aromatic heterocycles. The highest BCUT2D eigenvalue weighted by Gasteiger charge is 2.23. The van der Waals surface area contributed by atoms with Crippen molar-refractivity contribution in [3.63, 3.8) is 0 Å². The molecule has 1 aromatic rings. The quantitative estimate of drug-likeness (QED) is 0.605. The van der Waals surface area contributed by atoms with Crippen molar-refractivity contribution in [3.05, 3.63) is 34.4 Å². The fourth-order valence-electron chi connectivity index (χ4n) is 2.64. The van der Waals surface area contributed by atoms with Crippen LogP contribution in [0.15, 0.2) is 12.1 Å². The topological polar surface area (TPSA) is 0 Å². The summed E-state index contributed by atoms with van der Waals surface area (Å²) in [7, 11) is 0. The SMILES string of the molecule is BrC1CCc2cc3c(cc21)CCC3. The maximum Gasteiger partial charge on any atom is 0.0401 e. The first-order chi connectivity index (χ1) is 6.34. The fraction of sp³-hybridized carbons (Fsp3) is 0.500. The second-order valence-electron chi connectivity index (χ2n) is 4.18. The first-order valence-electron chi connectivity index (χ1n) is 5.13. The zero-order valence-corrected chi connectivity index (χ0v) is 9.23. The zero-order chi connectivity index (χ0) is 8.84. The second kappa shape index (κ2) is 2.84. The molecule has 1 heteroatoms. The Bertz CT molecular complexity index is 354. The highest BCUT2D eigenvalue weighted by atomic mass is 79.9. The zero-order valence-electron chi connectivity index (χ0n) is 7.65. The van der Waals surface area contributed by atoms with Gasteiger partial charge in [-0.2, -0.15) is 0 Å². The van der Waals surface area contributed by atoms with Gasteiger partial charge in [0.25, 0.3) is 0 Å². The van der Waals surface area contributed by atoms with Crippen LogP contribution in [0, 0.1) is 0 Å². The van der Waals surface area contributed by atoms with Crippen LogP contribution in [0.25, 0.3) is 0 Å². The molecule has 0 saturated carbocycles. The minimum absolute atomic E-state index is 0.633. The minimum atomic E-state index is 0.633. The van der Waals surface area contributed by atoms with Crippen molar-refractivity contribution in [3.8, 4) is 0 Å². The number of fused-ring (bicyclic) bond motifs is 2. The van der Waals surface area contributed by atoms with Gasteiger partial charge in [-0.05, 0) is 54.4 Å². The van der Waals surface area contributed by atoms with Gasteiger partial charge in [-0.15, -0.1) is 0 Å². The lowest BCUT2D eigenvalue weighted by molar-refractivity contribution is 0.893. The number of aryl methyl sites for hydroxylation is 3. The summed E-state index contributed by atoms with van der Waals surface area (Å²) in [4.78, 5) is 0.633. The first-order valence-corrected chi connectivity index (χ1v) is 6.05. The van der Waals surface area contributed by atoms with Crippen molar-refractivity contribution >= 4 is 15.9 Å². The molecule has 2 aliphatic rings. The van der Waals surface area contributed by atoms with Crippen molar-refractivity contribution < 1.29 is 0 Å². The largest absolute Gasteiger partial charge is 0.0839 e. The summed E-state index contributed by atoms with van der Waals surface area (Å²) in [6.45, 7) is 0. The normalized spacial score (nSPS) is 24.5. The molecule has 0 spiro atoms. The molecule has 3 rings (SSSR count). The number of halogens is 1. The van der Waals surface area contributed by atoms with E-state index >= 15 is 0 Å². The van der Waals surface area contributed by atoms with Crippen molar-refractivity contribution in [1.29, 1.82) is 0 Å². The molecule has 0 radical (unpaired) electrons. The Balaban J connectivity index is 2.16. The van der Waals surface area contributed by atoms with Crippen LogP contribution < -0.4 is 0 Å². The Morgan fingerprint density at radius 3 is 2.62 bits per heavy atom. The van der Waals surface area contributed by atoms with Crippen LogP contribution in [-0.2, 0) is 19.3 Å². The Morgan fingerprint density at radius 1 is 1.00 bits per heavy atom. The summed E-state index contributed by atoms with van der Waals surface area (Å²) in [6.07, 6.45) is 6.56. The summed E-state index contributed by atoms with van der Waals surface area (Å²) in [5.74, 6) is 0. The van der Waals surface area contributed by atoms with Gasteiger partial charge in [-0.3, -0.25) is 0 Å². The van der Waals surface area contributed by atoms with Gasteiger partial charge in [-0.1, -0.05) is 28.1 Å². The van der Waals surface area contributed by atoms with E-state index in [4.69, 9.17) is 0 Å². The molecule has 0 fully saturated rings. The molecular weight excluding hydrogens is 224 g/mol. The van der Waals surface area contributed by atoms with Crippen LogP contribution in [0.4, 0.5) is 0 Å². The van der Waals surface area contributed by atoms with Gasteiger partial charge in [0, 0.05) is 4.83 Å². The van der Waals surface area contributed by atoms with Crippen LogP contribution in [0.2, 0.25) is 0 Å². The lowest BCUT2D eigenvalue weighted by atomic mass is 10.0. The number of rotatable bonds is 0. The smallest absolute Gasteiger partial charge is 0.0401 e. The van der Waals surface area contributed by atoms with Gasteiger partial charge in [0.15, 0.2) is 0 Å². The standard InChI is InChI=1S/C12H13Br/c13-12-5-4-10-6-8-2-1-3-9(8)7-11(10)12/h6-7,12H,1-5H2. The monoisotopic (exact) mass is 236 g/mol. The minimum Gasteiger partial charge on any atom is -0.0839 e. The molecule has 0 heterocycles. The molecule has 0 N–H and O–H groups in total. The molecule has 1 aromatic carbocycles. The van der Waals surface area contributed by atoms with Gasteiger partial charge >= 0.3 is 0 Å². The number of benzene rings is 1. The third-order valence-corrected chi connectivity index (χ3v) is 4.31. The Kier molecular flexibility index (Phi) is 1.76. The third kappa shape index (κ3) is 1.17. The lowest BCUT2D eigenvalue weighted by Crippen LogP contribution is -1.89. The molecule has 0 saturated heterocycles. The van der Waals surface area contributed by atoms with E-state index in [9.17, 15) is 0 Å². The summed E-state index contributed by atoms with van der Waals surface area (Å²) in [5.41, 5.74) is 6.41. The molecule has 1 atom stereocenters. The van der Waals surface area contributed by atoms with Gasteiger partial charge in [0.2, 0.25) is 0 Å². The molecule has 68 valence electrons. The fourth-order valence-corrected chi connectivity index (χ4v) is 3.30. The van der Waals surface area contributed by atoms with Gasteiger partial charge in [-0.25, -0.2) is 0 Å². The van der Waals surface area contributed by atoms with Gasteiger partial charge in [0.1, 0.15) is 0 Å². The van der Waals surface area contributed by atoms with Crippen molar-refractivity contribution in [1.82, 2.24) is 0 Å². The van der Waals surface area contributed by atoms with Crippen LogP contribution in [0.5, 0.6) is 0 Å².